The lowest BCUT2D eigenvalue weighted by molar-refractivity contribution is -0.164. The number of aliphatic hydroxyl groups excluding tert-OH is 1. The van der Waals surface area contributed by atoms with Gasteiger partial charge in [-0.15, -0.1) is 0 Å². The second-order valence-electron chi connectivity index (χ2n) is 10.3. The van der Waals surface area contributed by atoms with E-state index in [4.69, 9.17) is 14.2 Å². The van der Waals surface area contributed by atoms with Gasteiger partial charge in [0.2, 0.25) is 0 Å². The van der Waals surface area contributed by atoms with Crippen molar-refractivity contribution in [3.8, 4) is 0 Å². The predicted octanol–water partition coefficient (Wildman–Crippen LogP) is 4.38. The summed E-state index contributed by atoms with van der Waals surface area (Å²) in [5.41, 5.74) is 4.97. The fourth-order valence-electron chi connectivity index (χ4n) is 7.47. The lowest BCUT2D eigenvalue weighted by atomic mass is 9.52. The first-order valence-corrected chi connectivity index (χ1v) is 11.3. The van der Waals surface area contributed by atoms with Crippen LogP contribution in [0.15, 0.2) is 22.8 Å². The summed E-state index contributed by atoms with van der Waals surface area (Å²) in [6, 6.07) is 0. The average Bonchev–Trinajstić information content (AvgIpc) is 3.24. The highest BCUT2D eigenvalue weighted by atomic mass is 16.7. The summed E-state index contributed by atoms with van der Waals surface area (Å²) in [5.74, 6) is 1.02. The van der Waals surface area contributed by atoms with E-state index < -0.39 is 0 Å². The molecule has 1 saturated carbocycles. The maximum atomic E-state index is 10.9. The Bertz CT molecular complexity index is 703. The highest BCUT2D eigenvalue weighted by Crippen LogP contribution is 2.67. The molecule has 5 aliphatic rings. The van der Waals surface area contributed by atoms with Gasteiger partial charge in [-0.2, -0.15) is 0 Å². The Morgan fingerprint density at radius 1 is 1.18 bits per heavy atom. The lowest BCUT2D eigenvalue weighted by Gasteiger charge is -2.53. The minimum atomic E-state index is -0.382. The van der Waals surface area contributed by atoms with Crippen LogP contribution in [-0.2, 0) is 14.2 Å². The molecule has 4 heteroatoms. The van der Waals surface area contributed by atoms with Gasteiger partial charge in [0, 0.05) is 25.4 Å². The molecule has 1 spiro atoms. The van der Waals surface area contributed by atoms with Crippen LogP contribution >= 0.6 is 0 Å². The molecule has 1 aliphatic heterocycles. The van der Waals surface area contributed by atoms with Gasteiger partial charge in [0.25, 0.3) is 0 Å². The molecule has 0 radical (unpaired) electrons. The Hall–Kier alpha value is -0.680. The van der Waals surface area contributed by atoms with Crippen molar-refractivity contribution in [3.63, 3.8) is 0 Å². The van der Waals surface area contributed by atoms with Crippen molar-refractivity contribution in [2.75, 3.05) is 26.9 Å². The number of hydrogen-bond donors (Lipinski definition) is 1. The van der Waals surface area contributed by atoms with E-state index >= 15 is 0 Å². The molecule has 4 aliphatic carbocycles. The quantitative estimate of drug-likeness (QED) is 0.779. The van der Waals surface area contributed by atoms with Crippen LogP contribution in [0.3, 0.4) is 0 Å². The lowest BCUT2D eigenvalue weighted by Crippen LogP contribution is -2.50. The molecule has 2 fully saturated rings. The van der Waals surface area contributed by atoms with Crippen LogP contribution in [-0.4, -0.2) is 43.9 Å². The predicted molar refractivity (Wildman–Crippen MR) is 108 cm³/mol. The fraction of sp³-hybridized carbons (Fsp3) is 0.833. The molecule has 0 amide bonds. The summed E-state index contributed by atoms with van der Waals surface area (Å²) in [6.07, 6.45) is 11.1. The maximum absolute atomic E-state index is 10.9. The zero-order valence-corrected chi connectivity index (χ0v) is 17.8. The second-order valence-corrected chi connectivity index (χ2v) is 10.3. The first-order valence-electron chi connectivity index (χ1n) is 11.3. The minimum Gasteiger partial charge on any atom is -0.390 e. The first-order chi connectivity index (χ1) is 13.4. The third-order valence-corrected chi connectivity index (χ3v) is 9.37. The monoisotopic (exact) mass is 388 g/mol. The van der Waals surface area contributed by atoms with E-state index in [2.05, 4.69) is 19.9 Å². The number of allylic oxidation sites excluding steroid dienone is 3. The van der Waals surface area contributed by atoms with Crippen molar-refractivity contribution in [1.29, 1.82) is 0 Å². The van der Waals surface area contributed by atoms with Gasteiger partial charge < -0.3 is 19.3 Å². The summed E-state index contributed by atoms with van der Waals surface area (Å²) in [7, 11) is 1.70. The van der Waals surface area contributed by atoms with Gasteiger partial charge in [0.15, 0.2) is 5.79 Å². The molecule has 1 saturated heterocycles. The minimum absolute atomic E-state index is 0.0630. The van der Waals surface area contributed by atoms with E-state index in [1.54, 1.807) is 23.8 Å². The molecule has 0 aromatic heterocycles. The number of methoxy groups -OCH3 is 1. The van der Waals surface area contributed by atoms with E-state index in [1.807, 2.05) is 0 Å². The zero-order chi connectivity index (χ0) is 19.6. The molecular formula is C24H36O4. The normalized spacial score (nSPS) is 42.8. The summed E-state index contributed by atoms with van der Waals surface area (Å²) in [6.45, 7) is 6.68. The molecule has 156 valence electrons. The van der Waals surface area contributed by atoms with Gasteiger partial charge in [-0.3, -0.25) is 0 Å². The zero-order valence-electron chi connectivity index (χ0n) is 17.8. The number of aliphatic hydroxyl groups is 1. The van der Waals surface area contributed by atoms with E-state index in [-0.39, 0.29) is 22.7 Å². The van der Waals surface area contributed by atoms with E-state index in [0.29, 0.717) is 18.4 Å². The third kappa shape index (κ3) is 2.57. The van der Waals surface area contributed by atoms with Gasteiger partial charge >= 0.3 is 0 Å². The Morgan fingerprint density at radius 3 is 2.71 bits per heavy atom. The third-order valence-electron chi connectivity index (χ3n) is 9.37. The Balaban J connectivity index is 1.44. The first kappa shape index (κ1) is 19.3. The molecular weight excluding hydrogens is 352 g/mol. The maximum Gasteiger partial charge on any atom is 0.172 e. The topological polar surface area (TPSA) is 47.9 Å². The number of fused-ring (bicyclic) bond motifs is 4. The molecule has 4 nitrogen and oxygen atoms in total. The number of ether oxygens (including phenoxy) is 3. The van der Waals surface area contributed by atoms with Crippen molar-refractivity contribution in [2.24, 2.45) is 22.7 Å². The number of hydrogen-bond acceptors (Lipinski definition) is 4. The summed E-state index contributed by atoms with van der Waals surface area (Å²) >= 11 is 0. The van der Waals surface area contributed by atoms with Crippen LogP contribution in [0.25, 0.3) is 0 Å². The van der Waals surface area contributed by atoms with E-state index in [0.717, 1.165) is 45.3 Å². The van der Waals surface area contributed by atoms with Crippen molar-refractivity contribution in [2.45, 2.75) is 77.1 Å². The van der Waals surface area contributed by atoms with Crippen molar-refractivity contribution in [3.05, 3.63) is 22.8 Å². The van der Waals surface area contributed by atoms with Gasteiger partial charge in [-0.05, 0) is 66.9 Å². The highest BCUT2D eigenvalue weighted by Gasteiger charge is 2.61. The van der Waals surface area contributed by atoms with Crippen molar-refractivity contribution < 1.29 is 19.3 Å². The molecule has 3 unspecified atom stereocenters. The molecule has 1 heterocycles. The molecule has 0 aromatic carbocycles. The Labute approximate surface area is 169 Å². The molecule has 1 N–H and O–H groups in total. The van der Waals surface area contributed by atoms with Gasteiger partial charge in [0.1, 0.15) is 0 Å². The van der Waals surface area contributed by atoms with Crippen molar-refractivity contribution in [1.82, 2.24) is 0 Å². The Morgan fingerprint density at radius 2 is 1.96 bits per heavy atom. The smallest absolute Gasteiger partial charge is 0.172 e. The number of rotatable bonds is 3. The fourth-order valence-corrected chi connectivity index (χ4v) is 7.47. The summed E-state index contributed by atoms with van der Waals surface area (Å²) in [4.78, 5) is 0. The largest absolute Gasteiger partial charge is 0.390 e. The van der Waals surface area contributed by atoms with Crippen LogP contribution < -0.4 is 0 Å². The van der Waals surface area contributed by atoms with Gasteiger partial charge in [-0.1, -0.05) is 25.5 Å². The van der Waals surface area contributed by atoms with Crippen LogP contribution in [0.2, 0.25) is 0 Å². The second kappa shape index (κ2) is 6.66. The van der Waals surface area contributed by atoms with Gasteiger partial charge in [0.05, 0.1) is 25.9 Å². The molecule has 28 heavy (non-hydrogen) atoms. The molecule has 0 aromatic rings. The molecule has 5 rings (SSSR count). The van der Waals surface area contributed by atoms with E-state index in [9.17, 15) is 5.11 Å². The van der Waals surface area contributed by atoms with Crippen LogP contribution in [0, 0.1) is 22.7 Å². The van der Waals surface area contributed by atoms with Crippen LogP contribution in [0.4, 0.5) is 0 Å². The Kier molecular flexibility index (Phi) is 4.59. The van der Waals surface area contributed by atoms with E-state index in [1.165, 1.54) is 19.3 Å². The molecule has 0 bridgehead atoms. The van der Waals surface area contributed by atoms with Gasteiger partial charge in [-0.25, -0.2) is 0 Å². The SMILES string of the molecule is COCC(O)[C@@]1(C)CCC2C3CCC4=C(CCC5(C4)OCCO5)C3=CC[C@@]21C. The average molecular weight is 389 g/mol. The summed E-state index contributed by atoms with van der Waals surface area (Å²) < 4.78 is 17.4. The van der Waals surface area contributed by atoms with Crippen LogP contribution in [0.1, 0.15) is 65.2 Å². The highest BCUT2D eigenvalue weighted by molar-refractivity contribution is 5.45. The van der Waals surface area contributed by atoms with Crippen LogP contribution in [0.5, 0.6) is 0 Å². The summed E-state index contributed by atoms with van der Waals surface area (Å²) in [5, 5.41) is 10.9. The van der Waals surface area contributed by atoms with Crippen molar-refractivity contribution >= 4 is 0 Å². The standard InChI is InChI=1S/C24H36O4/c1-22-9-6-18-17-7-11-24(27-12-13-28-24)14-16(17)4-5-19(18)20(22)8-10-23(22,2)21(25)15-26-3/h6,19-21,25H,4-5,7-15H2,1-3H3/t19?,20?,21?,22-,23+/m0/s1. The molecule has 5 atom stereocenters.